The topological polar surface area (TPSA) is 17.1 Å². The van der Waals surface area contributed by atoms with Crippen LogP contribution < -0.4 is 0 Å². The van der Waals surface area contributed by atoms with Gasteiger partial charge in [0.15, 0.2) is 5.78 Å². The van der Waals surface area contributed by atoms with E-state index < -0.39 is 0 Å². The zero-order valence-electron chi connectivity index (χ0n) is 16.5. The number of carbonyl (C=O) groups is 1. The quantitative estimate of drug-likeness (QED) is 0.512. The van der Waals surface area contributed by atoms with Crippen LogP contribution in [0.5, 0.6) is 0 Å². The minimum atomic E-state index is -0.0954. The molecule has 0 aliphatic carbocycles. The fourth-order valence-electron chi connectivity index (χ4n) is 3.34. The molecule has 133 valence electrons. The molecule has 2 aromatic carbocycles. The van der Waals surface area contributed by atoms with Gasteiger partial charge in [0.2, 0.25) is 0 Å². The van der Waals surface area contributed by atoms with Crippen molar-refractivity contribution < 1.29 is 4.79 Å². The third kappa shape index (κ3) is 4.39. The molecule has 0 fully saturated rings. The third-order valence-corrected chi connectivity index (χ3v) is 5.12. The van der Waals surface area contributed by atoms with E-state index in [2.05, 4.69) is 65.8 Å². The maximum atomic E-state index is 13.5. The normalized spacial score (nSPS) is 13.9. The van der Waals surface area contributed by atoms with Crippen LogP contribution in [0.1, 0.15) is 92.8 Å². The smallest absolute Gasteiger partial charge is 0.170 e. The molecule has 0 aromatic heterocycles. The molecule has 0 N–H and O–H groups in total. The van der Waals surface area contributed by atoms with Crippen LogP contribution in [0.2, 0.25) is 0 Å². The number of Topliss-reactive ketones (excluding diaryl/α,β-unsaturated/α-hetero) is 1. The maximum Gasteiger partial charge on any atom is 0.170 e. The van der Waals surface area contributed by atoms with E-state index in [9.17, 15) is 4.79 Å². The molecule has 0 saturated carbocycles. The zero-order valence-corrected chi connectivity index (χ0v) is 16.5. The first kappa shape index (κ1) is 19.4. The van der Waals surface area contributed by atoms with Crippen LogP contribution in [-0.4, -0.2) is 5.78 Å². The zero-order chi connectivity index (χ0) is 18.6. The Kier molecular flexibility index (Phi) is 6.58. The highest BCUT2D eigenvalue weighted by Crippen LogP contribution is 2.34. The van der Waals surface area contributed by atoms with Crippen molar-refractivity contribution in [2.45, 2.75) is 65.7 Å². The molecule has 0 heterocycles. The van der Waals surface area contributed by atoms with Crippen molar-refractivity contribution in [3.8, 4) is 0 Å². The summed E-state index contributed by atoms with van der Waals surface area (Å²) in [6.45, 7) is 13.0. The van der Waals surface area contributed by atoms with Crippen LogP contribution in [-0.2, 0) is 0 Å². The Hall–Kier alpha value is -1.89. The molecule has 25 heavy (non-hydrogen) atoms. The number of hydrogen-bond donors (Lipinski definition) is 0. The van der Waals surface area contributed by atoms with E-state index in [0.29, 0.717) is 11.8 Å². The van der Waals surface area contributed by atoms with Crippen LogP contribution >= 0.6 is 0 Å². The van der Waals surface area contributed by atoms with Crippen molar-refractivity contribution in [3.63, 3.8) is 0 Å². The second-order valence-corrected chi connectivity index (χ2v) is 7.69. The Morgan fingerprint density at radius 1 is 0.920 bits per heavy atom. The Morgan fingerprint density at radius 3 is 2.08 bits per heavy atom. The van der Waals surface area contributed by atoms with Gasteiger partial charge in [0.05, 0.1) is 0 Å². The van der Waals surface area contributed by atoms with Gasteiger partial charge in [-0.25, -0.2) is 0 Å². The highest BCUT2D eigenvalue weighted by atomic mass is 16.1. The summed E-state index contributed by atoms with van der Waals surface area (Å²) >= 11 is 0. The molecule has 0 aliphatic rings. The lowest BCUT2D eigenvalue weighted by molar-refractivity contribution is 0.0930. The minimum Gasteiger partial charge on any atom is -0.293 e. The third-order valence-electron chi connectivity index (χ3n) is 5.12. The molecule has 0 bridgehead atoms. The largest absolute Gasteiger partial charge is 0.293 e. The summed E-state index contributed by atoms with van der Waals surface area (Å²) in [6, 6.07) is 17.8. The molecule has 2 unspecified atom stereocenters. The summed E-state index contributed by atoms with van der Waals surface area (Å²) < 4.78 is 0. The van der Waals surface area contributed by atoms with Crippen molar-refractivity contribution in [3.05, 3.63) is 70.8 Å². The summed E-state index contributed by atoms with van der Waals surface area (Å²) in [5, 5.41) is 0. The SMILES string of the molecule is CCC(C)C(C(=O)c1ccc(C(C)C)[c]c1C(C)C)c1ccccc1. The first-order chi connectivity index (χ1) is 11.9. The second-order valence-electron chi connectivity index (χ2n) is 7.69. The Balaban J connectivity index is 2.52. The predicted molar refractivity (Wildman–Crippen MR) is 106 cm³/mol. The predicted octanol–water partition coefficient (Wildman–Crippen LogP) is 6.75. The summed E-state index contributed by atoms with van der Waals surface area (Å²) in [5.74, 6) is 1.14. The van der Waals surface area contributed by atoms with E-state index in [-0.39, 0.29) is 17.6 Å². The minimum absolute atomic E-state index is 0.0954. The molecule has 0 saturated heterocycles. The van der Waals surface area contributed by atoms with Crippen molar-refractivity contribution in [1.82, 2.24) is 0 Å². The lowest BCUT2D eigenvalue weighted by Crippen LogP contribution is -2.21. The highest BCUT2D eigenvalue weighted by Gasteiger charge is 2.29. The van der Waals surface area contributed by atoms with E-state index in [4.69, 9.17) is 0 Å². The Morgan fingerprint density at radius 2 is 1.56 bits per heavy atom. The number of benzene rings is 2. The van der Waals surface area contributed by atoms with E-state index in [0.717, 1.165) is 23.1 Å². The monoisotopic (exact) mass is 335 g/mol. The molecular weight excluding hydrogens is 304 g/mol. The van der Waals surface area contributed by atoms with Gasteiger partial charge >= 0.3 is 0 Å². The molecule has 1 nitrogen and oxygen atoms in total. The van der Waals surface area contributed by atoms with Crippen molar-refractivity contribution in [2.24, 2.45) is 5.92 Å². The second kappa shape index (κ2) is 8.47. The van der Waals surface area contributed by atoms with Gasteiger partial charge in [0.1, 0.15) is 0 Å². The fraction of sp³-hybridized carbons (Fsp3) is 0.458. The standard InChI is InChI=1S/C24H31O/c1-7-18(6)23(19-11-9-8-10-12-19)24(25)21-14-13-20(16(2)3)15-22(21)17(4)5/h8-14,16-18,23H,7H2,1-6H3. The molecule has 2 rings (SSSR count). The molecular formula is C24H31O. The molecule has 1 radical (unpaired) electrons. The van der Waals surface area contributed by atoms with Gasteiger partial charge in [-0.3, -0.25) is 4.79 Å². The van der Waals surface area contributed by atoms with E-state index in [1.165, 1.54) is 5.56 Å². The highest BCUT2D eigenvalue weighted by molar-refractivity contribution is 6.02. The lowest BCUT2D eigenvalue weighted by Gasteiger charge is -2.24. The van der Waals surface area contributed by atoms with Crippen molar-refractivity contribution >= 4 is 5.78 Å². The molecule has 2 atom stereocenters. The summed E-state index contributed by atoms with van der Waals surface area (Å²) in [5.41, 5.74) is 4.19. The Bertz CT molecular complexity index is 697. The van der Waals surface area contributed by atoms with Crippen LogP contribution in [0.15, 0.2) is 42.5 Å². The Labute approximate surface area is 153 Å². The number of carbonyl (C=O) groups excluding carboxylic acids is 1. The van der Waals surface area contributed by atoms with Crippen LogP contribution in [0, 0.1) is 12.0 Å². The van der Waals surface area contributed by atoms with Crippen molar-refractivity contribution in [2.75, 3.05) is 0 Å². The summed E-state index contributed by atoms with van der Waals surface area (Å²) in [6.07, 6.45) is 0.982. The summed E-state index contributed by atoms with van der Waals surface area (Å²) in [7, 11) is 0. The fourth-order valence-corrected chi connectivity index (χ4v) is 3.34. The van der Waals surface area contributed by atoms with Gasteiger partial charge in [0.25, 0.3) is 0 Å². The number of hydrogen-bond acceptors (Lipinski definition) is 1. The van der Waals surface area contributed by atoms with Gasteiger partial charge in [-0.15, -0.1) is 0 Å². The van der Waals surface area contributed by atoms with Crippen molar-refractivity contribution in [1.29, 1.82) is 0 Å². The first-order valence-electron chi connectivity index (χ1n) is 9.52. The van der Waals surface area contributed by atoms with E-state index in [1.54, 1.807) is 0 Å². The first-order valence-corrected chi connectivity index (χ1v) is 9.52. The van der Waals surface area contributed by atoms with Gasteiger partial charge in [-0.2, -0.15) is 0 Å². The lowest BCUT2D eigenvalue weighted by atomic mass is 9.78. The van der Waals surface area contributed by atoms with Gasteiger partial charge in [-0.1, -0.05) is 90.4 Å². The molecule has 0 spiro atoms. The van der Waals surface area contributed by atoms with Crippen LogP contribution in [0.4, 0.5) is 0 Å². The molecule has 1 heteroatoms. The van der Waals surface area contributed by atoms with Gasteiger partial charge in [-0.05, 0) is 40.5 Å². The van der Waals surface area contributed by atoms with Gasteiger partial charge < -0.3 is 0 Å². The number of rotatable bonds is 7. The van der Waals surface area contributed by atoms with Crippen LogP contribution in [0.25, 0.3) is 0 Å². The van der Waals surface area contributed by atoms with E-state index >= 15 is 0 Å². The molecule has 0 aliphatic heterocycles. The maximum absolute atomic E-state index is 13.5. The van der Waals surface area contributed by atoms with E-state index in [1.807, 2.05) is 24.3 Å². The molecule has 2 aromatic rings. The molecule has 0 amide bonds. The van der Waals surface area contributed by atoms with Crippen LogP contribution in [0.3, 0.4) is 0 Å². The van der Waals surface area contributed by atoms with Gasteiger partial charge in [0, 0.05) is 11.5 Å². The average Bonchev–Trinajstić information content (AvgIpc) is 2.61. The average molecular weight is 336 g/mol. The summed E-state index contributed by atoms with van der Waals surface area (Å²) in [4.78, 5) is 13.5. The number of ketones is 1.